The number of rotatable bonds is 8. The van der Waals surface area contributed by atoms with Crippen molar-refractivity contribution in [1.82, 2.24) is 10.3 Å². The molecule has 1 amide bonds. The van der Waals surface area contributed by atoms with Crippen molar-refractivity contribution in [3.05, 3.63) is 95.7 Å². The number of nitrogens with zero attached hydrogens (tertiary/aromatic N) is 2. The molecule has 0 fully saturated rings. The number of anilines is 1. The number of hydrogen-bond acceptors (Lipinski definition) is 4. The largest absolute Gasteiger partial charge is 0.362 e. The minimum atomic E-state index is -0.288. The molecule has 0 radical (unpaired) electrons. The summed E-state index contributed by atoms with van der Waals surface area (Å²) in [5.41, 5.74) is 3.00. The van der Waals surface area contributed by atoms with Gasteiger partial charge in [0.15, 0.2) is 0 Å². The summed E-state index contributed by atoms with van der Waals surface area (Å²) in [6, 6.07) is 23.7. The molecule has 0 saturated heterocycles. The molecule has 1 heterocycles. The quantitative estimate of drug-likeness (QED) is 0.654. The van der Waals surface area contributed by atoms with Gasteiger partial charge in [-0.3, -0.25) is 4.79 Å². The van der Waals surface area contributed by atoms with Crippen LogP contribution in [0.25, 0.3) is 0 Å². The molecule has 1 N–H and O–H groups in total. The third-order valence-electron chi connectivity index (χ3n) is 4.35. The molecule has 2 aromatic carbocycles. The number of hydrogen-bond donors (Lipinski definition) is 1. The van der Waals surface area contributed by atoms with Crippen LogP contribution in [-0.2, 0) is 16.1 Å². The topological polar surface area (TPSA) is 54.5 Å². The van der Waals surface area contributed by atoms with E-state index >= 15 is 0 Å². The molecule has 0 aliphatic rings. The van der Waals surface area contributed by atoms with Crippen LogP contribution in [0.2, 0.25) is 0 Å². The highest BCUT2D eigenvalue weighted by atomic mass is 16.5. The molecule has 0 aliphatic heterocycles. The lowest BCUT2D eigenvalue weighted by Gasteiger charge is -2.19. The number of amides is 1. The van der Waals surface area contributed by atoms with E-state index in [1.807, 2.05) is 91.8 Å². The van der Waals surface area contributed by atoms with Gasteiger partial charge in [0, 0.05) is 32.4 Å². The lowest BCUT2D eigenvalue weighted by molar-refractivity contribution is -0.127. The van der Waals surface area contributed by atoms with Crippen molar-refractivity contribution in [3.8, 4) is 0 Å². The predicted octanol–water partition coefficient (Wildman–Crippen LogP) is 3.57. The fourth-order valence-electron chi connectivity index (χ4n) is 3.02. The molecular formula is C23H25N3O2. The number of pyridine rings is 1. The van der Waals surface area contributed by atoms with E-state index < -0.39 is 0 Å². The zero-order chi connectivity index (χ0) is 19.8. The maximum Gasteiger partial charge on any atom is 0.246 e. The average molecular weight is 375 g/mol. The smallest absolute Gasteiger partial charge is 0.246 e. The first-order valence-electron chi connectivity index (χ1n) is 9.24. The van der Waals surface area contributed by atoms with Crippen LogP contribution in [0.1, 0.15) is 22.8 Å². The SMILES string of the molecule is CN(C)c1ncccc1CNC(=O)COC(c1ccccc1)c1ccccc1. The number of ether oxygens (including phenoxy) is 1. The fraction of sp³-hybridized carbons (Fsp3) is 0.217. The Bertz CT molecular complexity index is 843. The van der Waals surface area contributed by atoms with Gasteiger partial charge in [0.1, 0.15) is 18.5 Å². The molecule has 0 atom stereocenters. The second-order valence-electron chi connectivity index (χ2n) is 6.67. The van der Waals surface area contributed by atoms with Crippen molar-refractivity contribution in [2.24, 2.45) is 0 Å². The first kappa shape index (κ1) is 19.6. The van der Waals surface area contributed by atoms with E-state index in [0.717, 1.165) is 22.5 Å². The Labute approximate surface area is 166 Å². The van der Waals surface area contributed by atoms with Crippen LogP contribution in [0.4, 0.5) is 5.82 Å². The lowest BCUT2D eigenvalue weighted by Crippen LogP contribution is -2.29. The highest BCUT2D eigenvalue weighted by Gasteiger charge is 2.16. The predicted molar refractivity (Wildman–Crippen MR) is 111 cm³/mol. The second kappa shape index (κ2) is 9.67. The number of aromatic nitrogens is 1. The Kier molecular flexibility index (Phi) is 6.76. The summed E-state index contributed by atoms with van der Waals surface area (Å²) in [6.07, 6.45) is 1.46. The number of benzene rings is 2. The molecule has 5 heteroatoms. The molecule has 3 aromatic rings. The van der Waals surface area contributed by atoms with Crippen molar-refractivity contribution < 1.29 is 9.53 Å². The van der Waals surface area contributed by atoms with Crippen LogP contribution in [0.3, 0.4) is 0 Å². The lowest BCUT2D eigenvalue weighted by atomic mass is 10.0. The van der Waals surface area contributed by atoms with E-state index in [1.54, 1.807) is 6.20 Å². The molecule has 5 nitrogen and oxygen atoms in total. The highest BCUT2D eigenvalue weighted by Crippen LogP contribution is 2.25. The van der Waals surface area contributed by atoms with Crippen LogP contribution in [0.5, 0.6) is 0 Å². The number of carbonyl (C=O) groups excluding carboxylic acids is 1. The van der Waals surface area contributed by atoms with Crippen molar-refractivity contribution in [1.29, 1.82) is 0 Å². The first-order valence-corrected chi connectivity index (χ1v) is 9.24. The summed E-state index contributed by atoms with van der Waals surface area (Å²) in [5.74, 6) is 0.681. The summed E-state index contributed by atoms with van der Waals surface area (Å²) < 4.78 is 6.00. The molecule has 0 aliphatic carbocycles. The molecule has 3 rings (SSSR count). The van der Waals surface area contributed by atoms with Crippen molar-refractivity contribution in [2.45, 2.75) is 12.6 Å². The van der Waals surface area contributed by atoms with Gasteiger partial charge in [0.25, 0.3) is 0 Å². The van der Waals surface area contributed by atoms with Crippen LogP contribution in [0, 0.1) is 0 Å². The van der Waals surface area contributed by atoms with Crippen LogP contribution >= 0.6 is 0 Å². The highest BCUT2D eigenvalue weighted by molar-refractivity contribution is 5.77. The van der Waals surface area contributed by atoms with Gasteiger partial charge in [0.05, 0.1) is 0 Å². The normalized spacial score (nSPS) is 10.7. The second-order valence-corrected chi connectivity index (χ2v) is 6.67. The fourth-order valence-corrected chi connectivity index (χ4v) is 3.02. The van der Waals surface area contributed by atoms with Crippen LogP contribution in [-0.4, -0.2) is 31.6 Å². The monoisotopic (exact) mass is 375 g/mol. The van der Waals surface area contributed by atoms with Gasteiger partial charge in [-0.05, 0) is 17.2 Å². The maximum atomic E-state index is 12.4. The Morgan fingerprint density at radius 2 is 1.57 bits per heavy atom. The van der Waals surface area contributed by atoms with Gasteiger partial charge < -0.3 is 15.0 Å². The Morgan fingerprint density at radius 1 is 0.964 bits per heavy atom. The third kappa shape index (κ3) is 5.18. The van der Waals surface area contributed by atoms with E-state index in [-0.39, 0.29) is 18.6 Å². The molecule has 28 heavy (non-hydrogen) atoms. The molecule has 144 valence electrons. The summed E-state index contributed by atoms with van der Waals surface area (Å²) in [5, 5.41) is 2.92. The van der Waals surface area contributed by atoms with Gasteiger partial charge in [-0.15, -0.1) is 0 Å². The van der Waals surface area contributed by atoms with E-state index in [4.69, 9.17) is 4.74 Å². The van der Waals surface area contributed by atoms with E-state index in [1.165, 1.54) is 0 Å². The van der Waals surface area contributed by atoms with Gasteiger partial charge in [-0.25, -0.2) is 4.98 Å². The van der Waals surface area contributed by atoms with Crippen molar-refractivity contribution >= 4 is 11.7 Å². The maximum absolute atomic E-state index is 12.4. The van der Waals surface area contributed by atoms with Crippen molar-refractivity contribution in [2.75, 3.05) is 25.6 Å². The van der Waals surface area contributed by atoms with Gasteiger partial charge in [-0.2, -0.15) is 0 Å². The molecule has 1 aromatic heterocycles. The third-order valence-corrected chi connectivity index (χ3v) is 4.35. The Hall–Kier alpha value is -3.18. The summed E-state index contributed by atoms with van der Waals surface area (Å²) in [7, 11) is 3.86. The zero-order valence-electron chi connectivity index (χ0n) is 16.2. The molecule has 0 unspecified atom stereocenters. The van der Waals surface area contributed by atoms with Crippen LogP contribution in [0.15, 0.2) is 79.0 Å². The summed E-state index contributed by atoms with van der Waals surface area (Å²) in [6.45, 7) is 0.386. The first-order chi connectivity index (χ1) is 13.6. The van der Waals surface area contributed by atoms with Gasteiger partial charge in [-0.1, -0.05) is 66.7 Å². The Morgan fingerprint density at radius 3 is 2.14 bits per heavy atom. The minimum Gasteiger partial charge on any atom is -0.362 e. The van der Waals surface area contributed by atoms with Crippen LogP contribution < -0.4 is 10.2 Å². The van der Waals surface area contributed by atoms with Crippen molar-refractivity contribution in [3.63, 3.8) is 0 Å². The molecule has 0 spiro atoms. The molecule has 0 saturated carbocycles. The van der Waals surface area contributed by atoms with Gasteiger partial charge >= 0.3 is 0 Å². The number of carbonyl (C=O) groups is 1. The minimum absolute atomic E-state index is 0.0218. The average Bonchev–Trinajstić information content (AvgIpc) is 2.74. The Balaban J connectivity index is 1.63. The molecular weight excluding hydrogens is 350 g/mol. The van der Waals surface area contributed by atoms with Gasteiger partial charge in [0.2, 0.25) is 5.91 Å². The van der Waals surface area contributed by atoms with E-state index in [9.17, 15) is 4.79 Å². The van der Waals surface area contributed by atoms with E-state index in [2.05, 4.69) is 10.3 Å². The number of nitrogens with one attached hydrogen (secondary N) is 1. The zero-order valence-corrected chi connectivity index (χ0v) is 16.2. The molecule has 0 bridgehead atoms. The summed E-state index contributed by atoms with van der Waals surface area (Å²) >= 11 is 0. The summed E-state index contributed by atoms with van der Waals surface area (Å²) in [4.78, 5) is 18.7. The standard InChI is InChI=1S/C23H25N3O2/c1-26(2)23-20(14-9-15-24-23)16-25-21(27)17-28-22(18-10-5-3-6-11-18)19-12-7-4-8-13-19/h3-15,22H,16-17H2,1-2H3,(H,25,27). The van der Waals surface area contributed by atoms with E-state index in [0.29, 0.717) is 6.54 Å².